The number of aromatic nitrogens is 4. The van der Waals surface area contributed by atoms with Crippen LogP contribution in [0.3, 0.4) is 0 Å². The third kappa shape index (κ3) is 4.81. The van der Waals surface area contributed by atoms with Gasteiger partial charge in [-0.25, -0.2) is 27.7 Å². The minimum atomic E-state index is -3.21. The molecule has 2 aliphatic rings. The number of nitrogens with zero attached hydrogens (tertiary/aromatic N) is 5. The zero-order chi connectivity index (χ0) is 26.4. The summed E-state index contributed by atoms with van der Waals surface area (Å²) in [5.74, 6) is 3.39. The topological polar surface area (TPSA) is 139 Å². The lowest BCUT2D eigenvalue weighted by Crippen LogP contribution is -2.39. The van der Waals surface area contributed by atoms with E-state index in [9.17, 15) is 8.42 Å². The van der Waals surface area contributed by atoms with Crippen molar-refractivity contribution in [2.24, 2.45) is 5.92 Å². The van der Waals surface area contributed by atoms with E-state index < -0.39 is 10.0 Å². The first kappa shape index (κ1) is 25.0. The van der Waals surface area contributed by atoms with E-state index in [2.05, 4.69) is 9.97 Å². The van der Waals surface area contributed by atoms with Crippen molar-refractivity contribution in [1.29, 1.82) is 0 Å². The number of anilines is 1. The lowest BCUT2D eigenvalue weighted by Gasteiger charge is -2.31. The van der Waals surface area contributed by atoms with Crippen LogP contribution in [-0.4, -0.2) is 58.4 Å². The van der Waals surface area contributed by atoms with Gasteiger partial charge in [0, 0.05) is 30.1 Å². The third-order valence-electron chi connectivity index (χ3n) is 6.92. The van der Waals surface area contributed by atoms with Crippen LogP contribution in [0.5, 0.6) is 11.5 Å². The molecule has 38 heavy (non-hydrogen) atoms. The summed E-state index contributed by atoms with van der Waals surface area (Å²) in [6.07, 6.45) is 5.32. The quantitative estimate of drug-likeness (QED) is 0.356. The Bertz CT molecular complexity index is 1620. The lowest BCUT2D eigenvalue weighted by molar-refractivity contribution is 0.174. The minimum absolute atomic E-state index is 0.163. The zero-order valence-electron chi connectivity index (χ0n) is 21.1. The number of sulfonamides is 1. The molecule has 5 heterocycles. The average Bonchev–Trinajstić information content (AvgIpc) is 3.61. The maximum absolute atomic E-state index is 12.1. The maximum Gasteiger partial charge on any atom is 0.231 e. The number of furan rings is 1. The van der Waals surface area contributed by atoms with Crippen LogP contribution >= 0.6 is 11.8 Å². The molecule has 4 aromatic rings. The molecule has 1 unspecified atom stereocenters. The number of nitrogens with two attached hydrogens (primary N) is 1. The number of hydrogen-bond acceptors (Lipinski definition) is 10. The van der Waals surface area contributed by atoms with Crippen molar-refractivity contribution in [3.63, 3.8) is 0 Å². The van der Waals surface area contributed by atoms with Crippen LogP contribution in [0.4, 0.5) is 5.82 Å². The summed E-state index contributed by atoms with van der Waals surface area (Å²) in [5, 5.41) is 0.700. The fourth-order valence-corrected chi connectivity index (χ4v) is 6.97. The van der Waals surface area contributed by atoms with Gasteiger partial charge < -0.3 is 24.2 Å². The monoisotopic (exact) mass is 556 g/mol. The van der Waals surface area contributed by atoms with E-state index in [1.165, 1.54) is 24.3 Å². The molecule has 1 aromatic carbocycles. The van der Waals surface area contributed by atoms with E-state index in [4.69, 9.17) is 24.6 Å². The van der Waals surface area contributed by atoms with Crippen molar-refractivity contribution < 1.29 is 22.3 Å². The number of piperidine rings is 1. The van der Waals surface area contributed by atoms with Crippen LogP contribution in [0, 0.1) is 12.8 Å². The number of benzene rings is 1. The highest BCUT2D eigenvalue weighted by atomic mass is 32.2. The van der Waals surface area contributed by atoms with Crippen LogP contribution in [0.1, 0.15) is 25.0 Å². The van der Waals surface area contributed by atoms with E-state index in [-0.39, 0.29) is 12.7 Å². The van der Waals surface area contributed by atoms with Gasteiger partial charge in [-0.05, 0) is 56.4 Å². The van der Waals surface area contributed by atoms with Crippen LogP contribution in [0.25, 0.3) is 22.5 Å². The molecule has 1 atom stereocenters. The molecule has 1 fully saturated rings. The van der Waals surface area contributed by atoms with Crippen molar-refractivity contribution in [2.45, 2.75) is 42.8 Å². The van der Waals surface area contributed by atoms with Crippen molar-refractivity contribution in [2.75, 3.05) is 31.9 Å². The second-order valence-corrected chi connectivity index (χ2v) is 12.6. The van der Waals surface area contributed by atoms with Gasteiger partial charge in [-0.15, -0.1) is 0 Å². The van der Waals surface area contributed by atoms with E-state index in [1.54, 1.807) is 4.31 Å². The third-order valence-corrected chi connectivity index (χ3v) is 9.24. The van der Waals surface area contributed by atoms with Gasteiger partial charge in [-0.2, -0.15) is 0 Å². The summed E-state index contributed by atoms with van der Waals surface area (Å²) in [6.45, 7) is 3.77. The molecule has 11 nitrogen and oxygen atoms in total. The van der Waals surface area contributed by atoms with E-state index >= 15 is 0 Å². The number of hydrogen-bond donors (Lipinski definition) is 1. The number of nitrogen functional groups attached to an aromatic ring is 1. The van der Waals surface area contributed by atoms with Crippen LogP contribution in [0.15, 0.2) is 45.1 Å². The molecule has 0 amide bonds. The second kappa shape index (κ2) is 9.79. The highest BCUT2D eigenvalue weighted by Gasteiger charge is 2.27. The number of aryl methyl sites for hydroxylation is 2. The fraction of sp³-hybridized carbons (Fsp3) is 0.400. The first-order valence-electron chi connectivity index (χ1n) is 12.4. The zero-order valence-corrected chi connectivity index (χ0v) is 22.7. The van der Waals surface area contributed by atoms with Gasteiger partial charge in [0.1, 0.15) is 17.8 Å². The molecule has 6 rings (SSSR count). The Morgan fingerprint density at radius 2 is 2.00 bits per heavy atom. The summed E-state index contributed by atoms with van der Waals surface area (Å²) >= 11 is 1.46. The van der Waals surface area contributed by atoms with Gasteiger partial charge in [-0.1, -0.05) is 11.8 Å². The summed E-state index contributed by atoms with van der Waals surface area (Å²) in [5.41, 5.74) is 8.22. The molecule has 0 aliphatic carbocycles. The minimum Gasteiger partial charge on any atom is -0.461 e. The van der Waals surface area contributed by atoms with Crippen LogP contribution < -0.4 is 15.2 Å². The van der Waals surface area contributed by atoms with Gasteiger partial charge >= 0.3 is 0 Å². The Balaban J connectivity index is 1.35. The molecule has 0 bridgehead atoms. The summed E-state index contributed by atoms with van der Waals surface area (Å²) in [6, 6.07) is 7.71. The largest absolute Gasteiger partial charge is 0.461 e. The Kier molecular flexibility index (Phi) is 6.44. The summed E-state index contributed by atoms with van der Waals surface area (Å²) < 4.78 is 45.1. The summed E-state index contributed by atoms with van der Waals surface area (Å²) in [4.78, 5) is 14.3. The molecule has 2 aliphatic heterocycles. The molecular formula is C25H28N6O5S2. The normalized spacial score (nSPS) is 17.9. The molecular weight excluding hydrogens is 528 g/mol. The number of imidazole rings is 1. The smallest absolute Gasteiger partial charge is 0.231 e. The highest BCUT2D eigenvalue weighted by Crippen LogP contribution is 2.45. The first-order chi connectivity index (χ1) is 18.3. The van der Waals surface area contributed by atoms with Gasteiger partial charge in [0.15, 0.2) is 33.6 Å². The van der Waals surface area contributed by atoms with Crippen molar-refractivity contribution in [1.82, 2.24) is 23.8 Å². The standard InChI is InChI=1S/C25H28N6O5S2/c1-15-5-6-18(36-15)17-10-19-20(35-14-34-19)11-21(17)37-25-29-22-23(26)27-13-28-24(22)31(25)9-7-16-4-3-8-30(12-16)38(2,32)33/h5-6,10-11,13,16H,3-4,7-9,12,14H2,1-2H3,(H2,26,27,28). The van der Waals surface area contributed by atoms with Crippen molar-refractivity contribution >= 4 is 38.8 Å². The van der Waals surface area contributed by atoms with Crippen molar-refractivity contribution in [3.8, 4) is 22.8 Å². The van der Waals surface area contributed by atoms with E-state index in [0.29, 0.717) is 59.0 Å². The molecule has 0 radical (unpaired) electrons. The Morgan fingerprint density at radius 1 is 1.18 bits per heavy atom. The summed E-state index contributed by atoms with van der Waals surface area (Å²) in [7, 11) is -3.21. The Morgan fingerprint density at radius 3 is 2.76 bits per heavy atom. The predicted molar refractivity (Wildman–Crippen MR) is 143 cm³/mol. The first-order valence-corrected chi connectivity index (χ1v) is 15.0. The number of ether oxygens (including phenoxy) is 2. The molecule has 2 N–H and O–H groups in total. The number of rotatable bonds is 7. The molecule has 1 saturated heterocycles. The number of fused-ring (bicyclic) bond motifs is 2. The fourth-order valence-electron chi connectivity index (χ4n) is 4.97. The van der Waals surface area contributed by atoms with E-state index in [0.717, 1.165) is 35.5 Å². The Labute approximate surface area is 224 Å². The highest BCUT2D eigenvalue weighted by molar-refractivity contribution is 7.99. The van der Waals surface area contributed by atoms with Gasteiger partial charge in [0.05, 0.1) is 6.26 Å². The van der Waals surface area contributed by atoms with Crippen LogP contribution in [-0.2, 0) is 16.6 Å². The van der Waals surface area contributed by atoms with E-state index in [1.807, 2.05) is 35.8 Å². The SMILES string of the molecule is Cc1ccc(-c2cc3c(cc2Sc2nc4c(N)ncnc4n2CCC2CCCN(S(C)(=O)=O)C2)OCO3)o1. The van der Waals surface area contributed by atoms with Gasteiger partial charge in [-0.3, -0.25) is 0 Å². The maximum atomic E-state index is 12.1. The molecule has 13 heteroatoms. The van der Waals surface area contributed by atoms with Gasteiger partial charge in [0.25, 0.3) is 0 Å². The lowest BCUT2D eigenvalue weighted by atomic mass is 9.96. The second-order valence-electron chi connectivity index (χ2n) is 9.61. The average molecular weight is 557 g/mol. The van der Waals surface area contributed by atoms with Crippen LogP contribution in [0.2, 0.25) is 0 Å². The molecule has 3 aromatic heterocycles. The predicted octanol–water partition coefficient (Wildman–Crippen LogP) is 3.92. The Hall–Kier alpha value is -3.29. The molecule has 0 saturated carbocycles. The molecule has 200 valence electrons. The van der Waals surface area contributed by atoms with Gasteiger partial charge in [0.2, 0.25) is 16.8 Å². The molecule has 0 spiro atoms. The van der Waals surface area contributed by atoms with Crippen molar-refractivity contribution in [3.05, 3.63) is 36.4 Å².